The van der Waals surface area contributed by atoms with Gasteiger partial charge in [-0.3, -0.25) is 4.79 Å². The molecule has 0 spiro atoms. The van der Waals surface area contributed by atoms with E-state index in [0.29, 0.717) is 50.4 Å². The molecule has 0 bridgehead atoms. The molecule has 0 radical (unpaired) electrons. The third kappa shape index (κ3) is 5.97. The Balaban J connectivity index is 1.39. The summed E-state index contributed by atoms with van der Waals surface area (Å²) in [4.78, 5) is 12.4. The third-order valence-corrected chi connectivity index (χ3v) is 7.33. The third-order valence-electron chi connectivity index (χ3n) is 5.17. The molecule has 2 aromatic carbocycles. The Bertz CT molecular complexity index is 955. The Kier molecular flexibility index (Phi) is 7.75. The summed E-state index contributed by atoms with van der Waals surface area (Å²) in [6.45, 7) is 3.23. The predicted molar refractivity (Wildman–Crippen MR) is 117 cm³/mol. The second-order valence-electron chi connectivity index (χ2n) is 7.42. The fourth-order valence-electron chi connectivity index (χ4n) is 3.43. The smallest absolute Gasteiger partial charge is 0.243 e. The van der Waals surface area contributed by atoms with Crippen LogP contribution >= 0.6 is 11.6 Å². The van der Waals surface area contributed by atoms with Crippen LogP contribution in [0.25, 0.3) is 0 Å². The Hall–Kier alpha value is -2.09. The van der Waals surface area contributed by atoms with E-state index in [2.05, 4.69) is 5.32 Å². The van der Waals surface area contributed by atoms with E-state index in [-0.39, 0.29) is 16.8 Å². The van der Waals surface area contributed by atoms with Crippen molar-refractivity contribution in [3.8, 4) is 5.75 Å². The van der Waals surface area contributed by atoms with Crippen molar-refractivity contribution >= 4 is 27.5 Å². The zero-order chi connectivity index (χ0) is 21.6. The molecule has 1 aliphatic heterocycles. The molecule has 0 unspecified atom stereocenters. The summed E-state index contributed by atoms with van der Waals surface area (Å²) < 4.78 is 32.6. The number of carbonyl (C=O) groups is 1. The molecular formula is C22H27ClN2O4S. The van der Waals surface area contributed by atoms with Gasteiger partial charge in [0.1, 0.15) is 5.75 Å². The van der Waals surface area contributed by atoms with Crippen LogP contribution in [0.3, 0.4) is 0 Å². The van der Waals surface area contributed by atoms with Crippen LogP contribution in [0, 0.1) is 6.92 Å². The van der Waals surface area contributed by atoms with Crippen molar-refractivity contribution in [2.45, 2.75) is 43.5 Å². The second-order valence-corrected chi connectivity index (χ2v) is 9.79. The lowest BCUT2D eigenvalue weighted by atomic mass is 10.1. The van der Waals surface area contributed by atoms with E-state index in [0.717, 1.165) is 11.3 Å². The van der Waals surface area contributed by atoms with Crippen LogP contribution in [0.1, 0.15) is 31.2 Å². The number of amides is 1. The monoisotopic (exact) mass is 450 g/mol. The van der Waals surface area contributed by atoms with Gasteiger partial charge in [-0.15, -0.1) is 0 Å². The number of para-hydroxylation sites is 1. The van der Waals surface area contributed by atoms with E-state index in [9.17, 15) is 13.2 Å². The summed E-state index contributed by atoms with van der Waals surface area (Å²) in [5.74, 6) is 0.814. The maximum absolute atomic E-state index is 12.7. The summed E-state index contributed by atoms with van der Waals surface area (Å²) in [5, 5.41) is 3.51. The number of sulfonamides is 1. The van der Waals surface area contributed by atoms with Crippen molar-refractivity contribution in [2.24, 2.45) is 0 Å². The van der Waals surface area contributed by atoms with Crippen molar-refractivity contribution in [1.29, 1.82) is 0 Å². The molecule has 0 aliphatic carbocycles. The predicted octanol–water partition coefficient (Wildman–Crippen LogP) is 3.78. The fourth-order valence-corrected chi connectivity index (χ4v) is 5.02. The van der Waals surface area contributed by atoms with E-state index < -0.39 is 10.0 Å². The van der Waals surface area contributed by atoms with Crippen LogP contribution in [-0.4, -0.2) is 44.4 Å². The van der Waals surface area contributed by atoms with Crippen LogP contribution in [0.2, 0.25) is 5.02 Å². The van der Waals surface area contributed by atoms with Gasteiger partial charge in [-0.1, -0.05) is 29.8 Å². The zero-order valence-corrected chi connectivity index (χ0v) is 18.6. The maximum Gasteiger partial charge on any atom is 0.243 e. The molecule has 162 valence electrons. The SMILES string of the molecule is Cc1ccccc1OCCCC(=O)NC1CCN(S(=O)(=O)c2ccc(Cl)cc2)CC1. The molecule has 2 aromatic rings. The highest BCUT2D eigenvalue weighted by atomic mass is 35.5. The Morgan fingerprint density at radius 2 is 1.80 bits per heavy atom. The molecule has 0 atom stereocenters. The average molecular weight is 451 g/mol. The first-order valence-corrected chi connectivity index (χ1v) is 11.9. The highest BCUT2D eigenvalue weighted by molar-refractivity contribution is 7.89. The molecule has 1 heterocycles. The molecular weight excluding hydrogens is 424 g/mol. The molecule has 1 N–H and O–H groups in total. The van der Waals surface area contributed by atoms with Gasteiger partial charge in [0.15, 0.2) is 0 Å². The highest BCUT2D eigenvalue weighted by Gasteiger charge is 2.29. The summed E-state index contributed by atoms with van der Waals surface area (Å²) >= 11 is 5.84. The molecule has 30 heavy (non-hydrogen) atoms. The van der Waals surface area contributed by atoms with Gasteiger partial charge in [0.25, 0.3) is 0 Å². The number of nitrogens with one attached hydrogen (secondary N) is 1. The van der Waals surface area contributed by atoms with Crippen LogP contribution in [0.4, 0.5) is 0 Å². The molecule has 8 heteroatoms. The Morgan fingerprint density at radius 1 is 1.13 bits per heavy atom. The molecule has 1 amide bonds. The first-order valence-electron chi connectivity index (χ1n) is 10.1. The number of rotatable bonds is 8. The number of benzene rings is 2. The van der Waals surface area contributed by atoms with E-state index in [1.165, 1.54) is 16.4 Å². The van der Waals surface area contributed by atoms with Crippen molar-refractivity contribution < 1.29 is 17.9 Å². The summed E-state index contributed by atoms with van der Waals surface area (Å²) in [7, 11) is -3.53. The first-order chi connectivity index (χ1) is 14.4. The largest absolute Gasteiger partial charge is 0.493 e. The van der Waals surface area contributed by atoms with Gasteiger partial charge in [0, 0.05) is 30.6 Å². The molecule has 1 aliphatic rings. The fraction of sp³-hybridized carbons (Fsp3) is 0.409. The lowest BCUT2D eigenvalue weighted by Crippen LogP contribution is -2.46. The van der Waals surface area contributed by atoms with E-state index in [1.807, 2.05) is 31.2 Å². The van der Waals surface area contributed by atoms with Crippen molar-refractivity contribution in [1.82, 2.24) is 9.62 Å². The lowest BCUT2D eigenvalue weighted by Gasteiger charge is -2.31. The van der Waals surface area contributed by atoms with E-state index in [4.69, 9.17) is 16.3 Å². The number of piperidine rings is 1. The normalized spacial score (nSPS) is 15.7. The maximum atomic E-state index is 12.7. The van der Waals surface area contributed by atoms with Gasteiger partial charge in [-0.2, -0.15) is 4.31 Å². The molecule has 3 rings (SSSR count). The van der Waals surface area contributed by atoms with Gasteiger partial charge < -0.3 is 10.1 Å². The first kappa shape index (κ1) is 22.6. The second kappa shape index (κ2) is 10.3. The molecule has 1 saturated heterocycles. The Labute approximate surface area is 183 Å². The van der Waals surface area contributed by atoms with Crippen molar-refractivity contribution in [2.75, 3.05) is 19.7 Å². The Morgan fingerprint density at radius 3 is 2.47 bits per heavy atom. The van der Waals surface area contributed by atoms with Crippen LogP contribution in [0.5, 0.6) is 5.75 Å². The van der Waals surface area contributed by atoms with E-state index in [1.54, 1.807) is 12.1 Å². The number of hydrogen-bond acceptors (Lipinski definition) is 4. The van der Waals surface area contributed by atoms with Crippen LogP contribution in [-0.2, 0) is 14.8 Å². The standard InChI is InChI=1S/C22H27ClN2O4S/c1-17-5-2-3-6-21(17)29-16-4-7-22(26)24-19-12-14-25(15-13-19)30(27,28)20-10-8-18(23)9-11-20/h2-3,5-6,8-11,19H,4,7,12-16H2,1H3,(H,24,26). The average Bonchev–Trinajstić information content (AvgIpc) is 2.73. The number of carbonyl (C=O) groups excluding carboxylic acids is 1. The van der Waals surface area contributed by atoms with Gasteiger partial charge >= 0.3 is 0 Å². The summed E-state index contributed by atoms with van der Waals surface area (Å²) in [5.41, 5.74) is 1.07. The van der Waals surface area contributed by atoms with Crippen molar-refractivity contribution in [3.63, 3.8) is 0 Å². The number of ether oxygens (including phenoxy) is 1. The zero-order valence-electron chi connectivity index (χ0n) is 17.0. The van der Waals surface area contributed by atoms with Crippen molar-refractivity contribution in [3.05, 3.63) is 59.1 Å². The molecule has 0 aromatic heterocycles. The quantitative estimate of drug-likeness (QED) is 0.621. The molecule has 0 saturated carbocycles. The number of aryl methyl sites for hydroxylation is 1. The van der Waals surface area contributed by atoms with Gasteiger partial charge in [-0.05, 0) is 62.1 Å². The molecule has 6 nitrogen and oxygen atoms in total. The van der Waals surface area contributed by atoms with Gasteiger partial charge in [0.05, 0.1) is 11.5 Å². The molecule has 1 fully saturated rings. The lowest BCUT2D eigenvalue weighted by molar-refractivity contribution is -0.122. The van der Waals surface area contributed by atoms with Crippen LogP contribution < -0.4 is 10.1 Å². The highest BCUT2D eigenvalue weighted by Crippen LogP contribution is 2.22. The van der Waals surface area contributed by atoms with Crippen LogP contribution in [0.15, 0.2) is 53.4 Å². The van der Waals surface area contributed by atoms with Gasteiger partial charge in [0.2, 0.25) is 15.9 Å². The summed E-state index contributed by atoms with van der Waals surface area (Å²) in [6.07, 6.45) is 2.20. The summed E-state index contributed by atoms with van der Waals surface area (Å²) in [6, 6.07) is 14.0. The minimum Gasteiger partial charge on any atom is -0.493 e. The van der Waals surface area contributed by atoms with E-state index >= 15 is 0 Å². The number of hydrogen-bond donors (Lipinski definition) is 1. The number of nitrogens with zero attached hydrogens (tertiary/aromatic N) is 1. The van der Waals surface area contributed by atoms with Gasteiger partial charge in [-0.25, -0.2) is 8.42 Å². The minimum absolute atomic E-state index is 0.00791. The number of halogens is 1. The topological polar surface area (TPSA) is 75.7 Å². The minimum atomic E-state index is -3.53.